The molecule has 3 fully saturated rings. The maximum atomic E-state index is 2.68. The molecule has 150 valence electrons. The Bertz CT molecular complexity index is 537. The van der Waals surface area contributed by atoms with E-state index in [1.807, 2.05) is 0 Å². The average Bonchev–Trinajstić information content (AvgIpc) is 3.43. The van der Waals surface area contributed by atoms with Gasteiger partial charge in [-0.3, -0.25) is 14.7 Å². The highest BCUT2D eigenvalue weighted by Crippen LogP contribution is 2.32. The first-order valence-electron chi connectivity index (χ1n) is 11.4. The summed E-state index contributed by atoms with van der Waals surface area (Å²) >= 11 is 0. The van der Waals surface area contributed by atoms with Crippen LogP contribution >= 0.6 is 0 Å². The quantitative estimate of drug-likeness (QED) is 0.736. The molecule has 0 amide bonds. The monoisotopic (exact) mass is 369 g/mol. The molecule has 3 aliphatic heterocycles. The van der Waals surface area contributed by atoms with Crippen molar-refractivity contribution in [3.63, 3.8) is 0 Å². The summed E-state index contributed by atoms with van der Waals surface area (Å²) in [5.74, 6) is 0. The number of nitrogens with zero attached hydrogens (tertiary/aromatic N) is 3. The highest BCUT2D eigenvalue weighted by atomic mass is 15.1. The van der Waals surface area contributed by atoms with Gasteiger partial charge in [-0.1, -0.05) is 0 Å². The Balaban J connectivity index is 1.68. The molecule has 1 aromatic carbocycles. The van der Waals surface area contributed by atoms with E-state index in [2.05, 4.69) is 35.5 Å². The third kappa shape index (κ3) is 4.26. The summed E-state index contributed by atoms with van der Waals surface area (Å²) in [6.07, 6.45) is 8.28. The first kappa shape index (κ1) is 19.4. The van der Waals surface area contributed by atoms with Crippen LogP contribution in [0, 0.1) is 20.8 Å². The maximum absolute atomic E-state index is 2.68. The molecule has 4 rings (SSSR count). The lowest BCUT2D eigenvalue weighted by Gasteiger charge is -2.29. The van der Waals surface area contributed by atoms with E-state index < -0.39 is 0 Å². The summed E-state index contributed by atoms with van der Waals surface area (Å²) in [5, 5.41) is 0. The van der Waals surface area contributed by atoms with Gasteiger partial charge in [-0.15, -0.1) is 0 Å². The second kappa shape index (κ2) is 8.63. The van der Waals surface area contributed by atoms with Gasteiger partial charge in [-0.2, -0.15) is 0 Å². The van der Waals surface area contributed by atoms with E-state index in [9.17, 15) is 0 Å². The van der Waals surface area contributed by atoms with Gasteiger partial charge in [0, 0.05) is 19.6 Å². The average molecular weight is 370 g/mol. The SMILES string of the molecule is Cc1c(CN2CCCC2)c(C)c(CN2CCCC2)c(C)c1CN1CCCC1. The zero-order valence-corrected chi connectivity index (χ0v) is 17.9. The lowest BCUT2D eigenvalue weighted by Crippen LogP contribution is -2.26. The molecule has 3 aliphatic rings. The van der Waals surface area contributed by atoms with Gasteiger partial charge in [0.15, 0.2) is 0 Å². The van der Waals surface area contributed by atoms with Gasteiger partial charge < -0.3 is 0 Å². The van der Waals surface area contributed by atoms with Gasteiger partial charge in [0.1, 0.15) is 0 Å². The summed E-state index contributed by atoms with van der Waals surface area (Å²) < 4.78 is 0. The van der Waals surface area contributed by atoms with Crippen molar-refractivity contribution < 1.29 is 0 Å². The van der Waals surface area contributed by atoms with E-state index in [1.54, 1.807) is 33.4 Å². The number of rotatable bonds is 6. The Kier molecular flexibility index (Phi) is 6.21. The van der Waals surface area contributed by atoms with E-state index >= 15 is 0 Å². The molecule has 0 N–H and O–H groups in total. The van der Waals surface area contributed by atoms with Gasteiger partial charge in [0.2, 0.25) is 0 Å². The zero-order valence-electron chi connectivity index (χ0n) is 17.9. The van der Waals surface area contributed by atoms with E-state index in [1.165, 1.54) is 77.8 Å². The predicted octanol–water partition coefficient (Wildman–Crippen LogP) is 4.40. The minimum absolute atomic E-state index is 1.16. The summed E-state index contributed by atoms with van der Waals surface area (Å²) in [7, 11) is 0. The van der Waals surface area contributed by atoms with Crippen molar-refractivity contribution in [2.75, 3.05) is 39.3 Å². The van der Waals surface area contributed by atoms with Crippen molar-refractivity contribution in [2.45, 2.75) is 78.9 Å². The fourth-order valence-electron chi connectivity index (χ4n) is 5.59. The fourth-order valence-corrected chi connectivity index (χ4v) is 5.59. The van der Waals surface area contributed by atoms with Crippen LogP contribution < -0.4 is 0 Å². The molecule has 0 bridgehead atoms. The molecule has 0 unspecified atom stereocenters. The summed E-state index contributed by atoms with van der Waals surface area (Å²) in [5.41, 5.74) is 9.71. The predicted molar refractivity (Wildman–Crippen MR) is 114 cm³/mol. The van der Waals surface area contributed by atoms with Crippen LogP contribution in [0.15, 0.2) is 0 Å². The normalized spacial score (nSPS) is 22.3. The molecular formula is C24H39N3. The van der Waals surface area contributed by atoms with E-state index in [-0.39, 0.29) is 0 Å². The number of hydrogen-bond acceptors (Lipinski definition) is 3. The molecule has 0 saturated carbocycles. The number of hydrogen-bond donors (Lipinski definition) is 0. The van der Waals surface area contributed by atoms with Crippen LogP contribution in [0.2, 0.25) is 0 Å². The zero-order chi connectivity index (χ0) is 18.8. The van der Waals surface area contributed by atoms with Crippen molar-refractivity contribution in [3.05, 3.63) is 33.4 Å². The van der Waals surface area contributed by atoms with E-state index in [4.69, 9.17) is 0 Å². The van der Waals surface area contributed by atoms with Crippen molar-refractivity contribution in [2.24, 2.45) is 0 Å². The minimum Gasteiger partial charge on any atom is -0.299 e. The lowest BCUT2D eigenvalue weighted by atomic mass is 9.87. The van der Waals surface area contributed by atoms with E-state index in [0.29, 0.717) is 0 Å². The Hall–Kier alpha value is -0.900. The molecule has 3 heterocycles. The highest BCUT2D eigenvalue weighted by molar-refractivity contribution is 5.50. The number of likely N-dealkylation sites (tertiary alicyclic amines) is 3. The Labute approximate surface area is 166 Å². The molecule has 1 aromatic rings. The fraction of sp³-hybridized carbons (Fsp3) is 0.750. The summed E-state index contributed by atoms with van der Waals surface area (Å²) in [6.45, 7) is 18.5. The second-order valence-electron chi connectivity index (χ2n) is 9.26. The van der Waals surface area contributed by atoms with Crippen LogP contribution in [0.3, 0.4) is 0 Å². The Morgan fingerprint density at radius 1 is 0.444 bits per heavy atom. The largest absolute Gasteiger partial charge is 0.299 e. The Morgan fingerprint density at radius 3 is 0.889 bits per heavy atom. The number of benzene rings is 1. The first-order valence-corrected chi connectivity index (χ1v) is 11.4. The molecule has 0 atom stereocenters. The van der Waals surface area contributed by atoms with E-state index in [0.717, 1.165) is 19.6 Å². The Morgan fingerprint density at radius 2 is 0.667 bits per heavy atom. The van der Waals surface area contributed by atoms with Crippen molar-refractivity contribution in [3.8, 4) is 0 Å². The molecule has 0 aliphatic carbocycles. The molecule has 0 spiro atoms. The van der Waals surface area contributed by atoms with Crippen LogP contribution in [0.4, 0.5) is 0 Å². The smallest absolute Gasteiger partial charge is 0.0239 e. The van der Waals surface area contributed by atoms with Crippen LogP contribution in [0.25, 0.3) is 0 Å². The third-order valence-electron chi connectivity index (χ3n) is 7.46. The molecule has 0 radical (unpaired) electrons. The standard InChI is InChI=1S/C24H39N3/c1-19-22(16-25-10-4-5-11-25)20(2)24(18-27-14-8-9-15-27)21(3)23(19)17-26-12-6-7-13-26/h4-18H2,1-3H3. The van der Waals surface area contributed by atoms with Gasteiger partial charge in [0.25, 0.3) is 0 Å². The molecule has 27 heavy (non-hydrogen) atoms. The van der Waals surface area contributed by atoms with Crippen LogP contribution in [-0.4, -0.2) is 54.0 Å². The maximum Gasteiger partial charge on any atom is 0.0239 e. The summed E-state index contributed by atoms with van der Waals surface area (Å²) in [4.78, 5) is 8.05. The molecule has 0 aromatic heterocycles. The van der Waals surface area contributed by atoms with Crippen LogP contribution in [0.1, 0.15) is 71.9 Å². The summed E-state index contributed by atoms with van der Waals surface area (Å²) in [6, 6.07) is 0. The van der Waals surface area contributed by atoms with Crippen molar-refractivity contribution in [1.82, 2.24) is 14.7 Å². The molecule has 3 nitrogen and oxygen atoms in total. The van der Waals surface area contributed by atoms with Crippen LogP contribution in [0.5, 0.6) is 0 Å². The first-order chi connectivity index (χ1) is 13.1. The highest BCUT2D eigenvalue weighted by Gasteiger charge is 2.24. The topological polar surface area (TPSA) is 9.72 Å². The molecule has 3 saturated heterocycles. The van der Waals surface area contributed by atoms with Gasteiger partial charge in [-0.05, 0) is 132 Å². The molecular weight excluding hydrogens is 330 g/mol. The lowest BCUT2D eigenvalue weighted by molar-refractivity contribution is 0.317. The third-order valence-corrected chi connectivity index (χ3v) is 7.46. The molecule has 3 heteroatoms. The van der Waals surface area contributed by atoms with Gasteiger partial charge in [-0.25, -0.2) is 0 Å². The van der Waals surface area contributed by atoms with Crippen molar-refractivity contribution in [1.29, 1.82) is 0 Å². The van der Waals surface area contributed by atoms with Gasteiger partial charge >= 0.3 is 0 Å². The second-order valence-corrected chi connectivity index (χ2v) is 9.26. The van der Waals surface area contributed by atoms with Crippen LogP contribution in [-0.2, 0) is 19.6 Å². The van der Waals surface area contributed by atoms with Crippen molar-refractivity contribution >= 4 is 0 Å². The van der Waals surface area contributed by atoms with Gasteiger partial charge in [0.05, 0.1) is 0 Å². The minimum atomic E-state index is 1.16.